The number of rotatable bonds is 1. The molecule has 0 aliphatic carbocycles. The molecule has 1 heterocycles. The van der Waals surface area contributed by atoms with Gasteiger partial charge in [-0.25, -0.2) is 18.7 Å². The van der Waals surface area contributed by atoms with Crippen LogP contribution in [0.3, 0.4) is 0 Å². The number of hydrogen-bond acceptors (Lipinski definition) is 2. The minimum atomic E-state index is -0.894. The second-order valence-corrected chi connectivity index (χ2v) is 4.64. The van der Waals surface area contributed by atoms with Crippen LogP contribution in [0.15, 0.2) is 22.7 Å². The Kier molecular flexibility index (Phi) is 3.61. The first-order valence-corrected chi connectivity index (χ1v) is 5.88. The summed E-state index contributed by atoms with van der Waals surface area (Å²) in [5.74, 6) is -1.31. The molecule has 0 aliphatic rings. The summed E-state index contributed by atoms with van der Waals surface area (Å²) < 4.78 is 26.7. The summed E-state index contributed by atoms with van der Waals surface area (Å²) in [7, 11) is 0. The highest BCUT2D eigenvalue weighted by atomic mass is 79.9. The summed E-state index contributed by atoms with van der Waals surface area (Å²) in [6.07, 6.45) is 0. The van der Waals surface area contributed by atoms with Crippen LogP contribution in [0, 0.1) is 11.6 Å². The van der Waals surface area contributed by atoms with Crippen molar-refractivity contribution in [1.82, 2.24) is 9.97 Å². The lowest BCUT2D eigenvalue weighted by Gasteiger charge is -2.03. The molecule has 2 nitrogen and oxygen atoms in total. The van der Waals surface area contributed by atoms with E-state index in [2.05, 4.69) is 25.9 Å². The van der Waals surface area contributed by atoms with Gasteiger partial charge in [-0.15, -0.1) is 0 Å². The summed E-state index contributed by atoms with van der Waals surface area (Å²) in [4.78, 5) is 7.37. The lowest BCUT2D eigenvalue weighted by molar-refractivity contribution is 0.614. The van der Waals surface area contributed by atoms with Crippen LogP contribution < -0.4 is 0 Å². The number of aromatic nitrogens is 2. The van der Waals surface area contributed by atoms with Gasteiger partial charge in [-0.05, 0) is 34.1 Å². The van der Waals surface area contributed by atoms with Crippen LogP contribution in [-0.2, 0) is 0 Å². The van der Waals surface area contributed by atoms with E-state index in [-0.39, 0.29) is 5.82 Å². The largest absolute Gasteiger partial charge is 0.213 e. The van der Waals surface area contributed by atoms with E-state index in [9.17, 15) is 8.78 Å². The van der Waals surface area contributed by atoms with Crippen molar-refractivity contribution in [2.75, 3.05) is 0 Å². The molecule has 17 heavy (non-hydrogen) atoms. The van der Waals surface area contributed by atoms with Gasteiger partial charge in [0.1, 0.15) is 5.82 Å². The van der Waals surface area contributed by atoms with Crippen molar-refractivity contribution in [2.45, 2.75) is 0 Å². The highest BCUT2D eigenvalue weighted by molar-refractivity contribution is 9.10. The van der Waals surface area contributed by atoms with Crippen molar-refractivity contribution >= 4 is 39.1 Å². The maximum atomic E-state index is 13.3. The molecule has 0 unspecified atom stereocenters. The van der Waals surface area contributed by atoms with Gasteiger partial charge in [-0.3, -0.25) is 0 Å². The SMILES string of the molecule is Fc1cc(-c2nc(Cl)c(F)c(Cl)n2)ccc1Br. The monoisotopic (exact) mass is 338 g/mol. The van der Waals surface area contributed by atoms with E-state index in [1.165, 1.54) is 12.1 Å². The Bertz CT molecular complexity index is 570. The lowest BCUT2D eigenvalue weighted by Crippen LogP contribution is -1.95. The number of halogens is 5. The van der Waals surface area contributed by atoms with Crippen molar-refractivity contribution in [1.29, 1.82) is 0 Å². The Morgan fingerprint density at radius 3 is 2.18 bits per heavy atom. The third-order valence-corrected chi connectivity index (χ3v) is 3.09. The van der Waals surface area contributed by atoms with Crippen molar-refractivity contribution < 1.29 is 8.78 Å². The fraction of sp³-hybridized carbons (Fsp3) is 0. The maximum absolute atomic E-state index is 13.3. The highest BCUT2D eigenvalue weighted by Crippen LogP contribution is 2.26. The molecule has 0 radical (unpaired) electrons. The fourth-order valence-corrected chi connectivity index (χ4v) is 1.79. The molecular weight excluding hydrogens is 337 g/mol. The molecule has 88 valence electrons. The lowest BCUT2D eigenvalue weighted by atomic mass is 10.2. The molecule has 0 saturated heterocycles. The Morgan fingerprint density at radius 1 is 1.06 bits per heavy atom. The molecule has 2 aromatic rings. The molecule has 0 atom stereocenters. The van der Waals surface area contributed by atoms with Crippen LogP contribution in [0.5, 0.6) is 0 Å². The first-order valence-electron chi connectivity index (χ1n) is 4.33. The van der Waals surface area contributed by atoms with Gasteiger partial charge in [-0.2, -0.15) is 0 Å². The van der Waals surface area contributed by atoms with Gasteiger partial charge in [0.2, 0.25) is 0 Å². The van der Waals surface area contributed by atoms with E-state index < -0.39 is 21.9 Å². The molecule has 2 rings (SSSR count). The van der Waals surface area contributed by atoms with Crippen LogP contribution in [-0.4, -0.2) is 9.97 Å². The number of hydrogen-bond donors (Lipinski definition) is 0. The van der Waals surface area contributed by atoms with Crippen LogP contribution in [0.25, 0.3) is 11.4 Å². The van der Waals surface area contributed by atoms with E-state index in [1.807, 2.05) is 0 Å². The van der Waals surface area contributed by atoms with Gasteiger partial charge in [0.05, 0.1) is 4.47 Å². The quantitative estimate of drug-likeness (QED) is 0.715. The molecule has 0 saturated carbocycles. The number of benzene rings is 1. The van der Waals surface area contributed by atoms with E-state index in [0.29, 0.717) is 10.0 Å². The van der Waals surface area contributed by atoms with E-state index in [4.69, 9.17) is 23.2 Å². The molecule has 1 aromatic carbocycles. The Morgan fingerprint density at radius 2 is 1.65 bits per heavy atom. The Balaban J connectivity index is 2.57. The summed E-state index contributed by atoms with van der Waals surface area (Å²) in [6.45, 7) is 0. The normalized spacial score (nSPS) is 10.6. The maximum Gasteiger partial charge on any atom is 0.197 e. The summed E-state index contributed by atoms with van der Waals surface area (Å²) >= 11 is 14.1. The third-order valence-electron chi connectivity index (χ3n) is 1.95. The summed E-state index contributed by atoms with van der Waals surface area (Å²) in [5, 5.41) is -0.799. The number of nitrogens with zero attached hydrogens (tertiary/aromatic N) is 2. The van der Waals surface area contributed by atoms with Crippen molar-refractivity contribution in [3.8, 4) is 11.4 Å². The van der Waals surface area contributed by atoms with Crippen molar-refractivity contribution in [2.24, 2.45) is 0 Å². The fourth-order valence-electron chi connectivity index (χ4n) is 1.16. The molecule has 7 heteroatoms. The molecule has 0 N–H and O–H groups in total. The predicted molar refractivity (Wildman–Crippen MR) is 65.1 cm³/mol. The van der Waals surface area contributed by atoms with Crippen LogP contribution in [0.1, 0.15) is 0 Å². The second kappa shape index (κ2) is 4.84. The minimum absolute atomic E-state index is 0.0628. The van der Waals surface area contributed by atoms with Crippen molar-refractivity contribution in [3.05, 3.63) is 44.6 Å². The molecular formula is C10H3BrCl2F2N2. The van der Waals surface area contributed by atoms with E-state index in [0.717, 1.165) is 0 Å². The predicted octanol–water partition coefficient (Wildman–Crippen LogP) is 4.49. The molecule has 0 amide bonds. The van der Waals surface area contributed by atoms with E-state index >= 15 is 0 Å². The van der Waals surface area contributed by atoms with Gasteiger partial charge < -0.3 is 0 Å². The first kappa shape index (κ1) is 12.7. The topological polar surface area (TPSA) is 25.8 Å². The zero-order valence-corrected chi connectivity index (χ0v) is 11.1. The zero-order valence-electron chi connectivity index (χ0n) is 8.02. The molecule has 0 bridgehead atoms. The zero-order chi connectivity index (χ0) is 12.6. The minimum Gasteiger partial charge on any atom is -0.213 e. The molecule has 1 aromatic heterocycles. The van der Waals surface area contributed by atoms with Gasteiger partial charge in [0, 0.05) is 5.56 Å². The van der Waals surface area contributed by atoms with Gasteiger partial charge >= 0.3 is 0 Å². The van der Waals surface area contributed by atoms with Gasteiger partial charge in [-0.1, -0.05) is 23.2 Å². The van der Waals surface area contributed by atoms with Gasteiger partial charge in [0.25, 0.3) is 0 Å². The average molecular weight is 340 g/mol. The second-order valence-electron chi connectivity index (χ2n) is 3.07. The molecule has 0 fully saturated rings. The van der Waals surface area contributed by atoms with Crippen molar-refractivity contribution in [3.63, 3.8) is 0 Å². The third kappa shape index (κ3) is 2.56. The van der Waals surface area contributed by atoms with Crippen LogP contribution in [0.4, 0.5) is 8.78 Å². The first-order chi connectivity index (χ1) is 7.99. The van der Waals surface area contributed by atoms with Crippen LogP contribution >= 0.6 is 39.1 Å². The summed E-state index contributed by atoms with van der Waals surface area (Å²) in [5.41, 5.74) is 0.356. The summed E-state index contributed by atoms with van der Waals surface area (Å²) in [6, 6.07) is 4.25. The average Bonchev–Trinajstić information content (AvgIpc) is 2.29. The van der Waals surface area contributed by atoms with E-state index in [1.54, 1.807) is 6.07 Å². The Hall–Kier alpha value is -0.780. The molecule has 0 spiro atoms. The van der Waals surface area contributed by atoms with Gasteiger partial charge in [0.15, 0.2) is 21.9 Å². The van der Waals surface area contributed by atoms with Crippen LogP contribution in [0.2, 0.25) is 10.3 Å². The standard InChI is InChI=1S/C10H3BrCl2F2N2/c11-5-2-1-4(3-6(5)14)10-16-8(12)7(15)9(13)17-10/h1-3H. The highest BCUT2D eigenvalue weighted by Gasteiger charge is 2.13. The Labute approximate surface area is 114 Å². The molecule has 0 aliphatic heterocycles. The smallest absolute Gasteiger partial charge is 0.197 e.